The molecule has 7 heteroatoms. The summed E-state index contributed by atoms with van der Waals surface area (Å²) in [5.74, 6) is -1.35. The number of amides is 1. The fourth-order valence-corrected chi connectivity index (χ4v) is 2.65. The first-order chi connectivity index (χ1) is 11.0. The molecule has 0 saturated carbocycles. The lowest BCUT2D eigenvalue weighted by atomic mass is 10.0. The molecule has 0 fully saturated rings. The van der Waals surface area contributed by atoms with E-state index >= 15 is 0 Å². The smallest absolute Gasteiger partial charge is 0.332 e. The molecule has 1 N–H and O–H groups in total. The Labute approximate surface area is 132 Å². The molecule has 0 saturated heterocycles. The lowest BCUT2D eigenvalue weighted by Gasteiger charge is -2.34. The summed E-state index contributed by atoms with van der Waals surface area (Å²) in [5, 5.41) is 10.2. The van der Waals surface area contributed by atoms with Crippen molar-refractivity contribution in [2.24, 2.45) is 0 Å². The van der Waals surface area contributed by atoms with Gasteiger partial charge in [0.2, 0.25) is 5.76 Å². The summed E-state index contributed by atoms with van der Waals surface area (Å²) >= 11 is 0. The molecule has 1 amide bonds. The quantitative estimate of drug-likeness (QED) is 0.923. The highest BCUT2D eigenvalue weighted by Gasteiger charge is 2.47. The summed E-state index contributed by atoms with van der Waals surface area (Å²) < 4.78 is 16.3. The van der Waals surface area contributed by atoms with Crippen LogP contribution in [0.1, 0.15) is 17.5 Å². The topological polar surface area (TPSA) is 89.2 Å². The number of fused-ring (bicyclic) bond motifs is 3. The first-order valence-electron chi connectivity index (χ1n) is 7.17. The van der Waals surface area contributed by atoms with Gasteiger partial charge in [-0.1, -0.05) is 12.1 Å². The molecular formula is C16H17NO6. The van der Waals surface area contributed by atoms with Crippen molar-refractivity contribution in [3.63, 3.8) is 0 Å². The lowest BCUT2D eigenvalue weighted by Crippen LogP contribution is -2.58. The van der Waals surface area contributed by atoms with Crippen LogP contribution in [0.4, 0.5) is 0 Å². The van der Waals surface area contributed by atoms with E-state index in [4.69, 9.17) is 13.9 Å². The van der Waals surface area contributed by atoms with Crippen molar-refractivity contribution in [3.05, 3.63) is 30.0 Å². The molecule has 1 unspecified atom stereocenters. The zero-order chi connectivity index (χ0) is 16.6. The van der Waals surface area contributed by atoms with E-state index < -0.39 is 17.4 Å². The van der Waals surface area contributed by atoms with Gasteiger partial charge in [0.1, 0.15) is 12.2 Å². The second kappa shape index (κ2) is 5.58. The normalized spacial score (nSPS) is 21.0. The van der Waals surface area contributed by atoms with E-state index in [9.17, 15) is 14.7 Å². The lowest BCUT2D eigenvalue weighted by molar-refractivity contribution is -0.150. The van der Waals surface area contributed by atoms with Gasteiger partial charge in [0, 0.05) is 13.7 Å². The number of aliphatic carboxylic acids is 1. The number of furan rings is 1. The molecule has 1 aromatic heterocycles. The Morgan fingerprint density at radius 1 is 1.43 bits per heavy atom. The number of hydrogen-bond acceptors (Lipinski definition) is 5. The SMILES string of the molecule is COCCN1C(=O)c2oc3ccccc3c2OCC1(C)C(=O)O. The van der Waals surface area contributed by atoms with Gasteiger partial charge in [0.25, 0.3) is 5.91 Å². The minimum atomic E-state index is -1.50. The van der Waals surface area contributed by atoms with Crippen molar-refractivity contribution in [3.8, 4) is 5.75 Å². The number of carboxylic acid groups (broad SMARTS) is 1. The van der Waals surface area contributed by atoms with Crippen LogP contribution in [-0.2, 0) is 9.53 Å². The predicted octanol–water partition coefficient (Wildman–Crippen LogP) is 1.76. The Bertz CT molecular complexity index is 767. The maximum atomic E-state index is 12.9. The molecule has 2 aromatic rings. The van der Waals surface area contributed by atoms with Crippen LogP contribution in [0.15, 0.2) is 28.7 Å². The average Bonchev–Trinajstić information content (AvgIpc) is 2.86. The number of carbonyl (C=O) groups excluding carboxylic acids is 1. The number of nitrogens with zero attached hydrogens (tertiary/aromatic N) is 1. The van der Waals surface area contributed by atoms with Crippen LogP contribution in [0.2, 0.25) is 0 Å². The molecule has 1 aliphatic heterocycles. The van der Waals surface area contributed by atoms with Crippen LogP contribution in [-0.4, -0.2) is 54.3 Å². The van der Waals surface area contributed by atoms with Gasteiger partial charge in [0.05, 0.1) is 12.0 Å². The van der Waals surface area contributed by atoms with Crippen LogP contribution in [0.5, 0.6) is 5.75 Å². The largest absolute Gasteiger partial charge is 0.486 e. The predicted molar refractivity (Wildman–Crippen MR) is 80.7 cm³/mol. The number of carbonyl (C=O) groups is 2. The van der Waals surface area contributed by atoms with Crippen molar-refractivity contribution < 1.29 is 28.6 Å². The van der Waals surface area contributed by atoms with Crippen LogP contribution in [0.25, 0.3) is 11.0 Å². The highest BCUT2D eigenvalue weighted by molar-refractivity contribution is 6.04. The van der Waals surface area contributed by atoms with Gasteiger partial charge in [-0.3, -0.25) is 4.79 Å². The van der Waals surface area contributed by atoms with Gasteiger partial charge >= 0.3 is 5.97 Å². The fourth-order valence-electron chi connectivity index (χ4n) is 2.65. The van der Waals surface area contributed by atoms with Crippen LogP contribution in [0, 0.1) is 0 Å². The van der Waals surface area contributed by atoms with Crippen molar-refractivity contribution in [1.82, 2.24) is 4.90 Å². The van der Waals surface area contributed by atoms with Crippen molar-refractivity contribution >= 4 is 22.8 Å². The number of carboxylic acids is 1. The summed E-state index contributed by atoms with van der Waals surface area (Å²) in [7, 11) is 1.49. The number of ether oxygens (including phenoxy) is 2. The summed E-state index contributed by atoms with van der Waals surface area (Å²) in [6.07, 6.45) is 0. The van der Waals surface area contributed by atoms with Gasteiger partial charge in [-0.15, -0.1) is 0 Å². The molecule has 0 bridgehead atoms. The molecule has 1 aromatic carbocycles. The third kappa shape index (κ3) is 2.33. The van der Waals surface area contributed by atoms with Gasteiger partial charge in [-0.2, -0.15) is 0 Å². The molecule has 7 nitrogen and oxygen atoms in total. The van der Waals surface area contributed by atoms with Crippen LogP contribution >= 0.6 is 0 Å². The third-order valence-corrected chi connectivity index (χ3v) is 4.06. The van der Waals surface area contributed by atoms with E-state index in [2.05, 4.69) is 0 Å². The Morgan fingerprint density at radius 2 is 2.17 bits per heavy atom. The Balaban J connectivity index is 2.12. The summed E-state index contributed by atoms with van der Waals surface area (Å²) in [6, 6.07) is 7.10. The van der Waals surface area contributed by atoms with Crippen molar-refractivity contribution in [1.29, 1.82) is 0 Å². The molecule has 0 spiro atoms. The first kappa shape index (κ1) is 15.4. The number of methoxy groups -OCH3 is 1. The molecule has 0 radical (unpaired) electrons. The summed E-state index contributed by atoms with van der Waals surface area (Å²) in [5.41, 5.74) is -0.977. The number of rotatable bonds is 4. The average molecular weight is 319 g/mol. The number of hydrogen-bond donors (Lipinski definition) is 1. The maximum absolute atomic E-state index is 12.9. The highest BCUT2D eigenvalue weighted by atomic mass is 16.5. The minimum Gasteiger partial charge on any atom is -0.486 e. The number of benzene rings is 1. The fraction of sp³-hybridized carbons (Fsp3) is 0.375. The molecule has 1 atom stereocenters. The van der Waals surface area contributed by atoms with Crippen LogP contribution in [0.3, 0.4) is 0 Å². The van der Waals surface area contributed by atoms with Gasteiger partial charge in [-0.25, -0.2) is 4.79 Å². The van der Waals surface area contributed by atoms with Crippen LogP contribution < -0.4 is 4.74 Å². The molecule has 3 rings (SSSR count). The molecule has 0 aliphatic carbocycles. The molecule has 1 aliphatic rings. The standard InChI is InChI=1S/C16H17NO6/c1-16(15(19)20)9-22-12-10-5-3-4-6-11(10)23-13(12)14(18)17(16)7-8-21-2/h3-6H,7-9H2,1-2H3,(H,19,20). The van der Waals surface area contributed by atoms with E-state index in [1.54, 1.807) is 24.3 Å². The van der Waals surface area contributed by atoms with Crippen molar-refractivity contribution in [2.75, 3.05) is 26.9 Å². The maximum Gasteiger partial charge on any atom is 0.332 e. The molecule has 122 valence electrons. The van der Waals surface area contributed by atoms with E-state index in [1.807, 2.05) is 0 Å². The van der Waals surface area contributed by atoms with Gasteiger partial charge < -0.3 is 23.9 Å². The first-order valence-corrected chi connectivity index (χ1v) is 7.17. The second-order valence-electron chi connectivity index (χ2n) is 5.57. The van der Waals surface area contributed by atoms with Crippen molar-refractivity contribution in [2.45, 2.75) is 12.5 Å². The van der Waals surface area contributed by atoms with E-state index in [-0.39, 0.29) is 31.3 Å². The number of para-hydroxylation sites is 1. The monoisotopic (exact) mass is 319 g/mol. The Kier molecular flexibility index (Phi) is 3.73. The van der Waals surface area contributed by atoms with E-state index in [1.165, 1.54) is 18.9 Å². The van der Waals surface area contributed by atoms with Gasteiger partial charge in [-0.05, 0) is 19.1 Å². The molecule has 2 heterocycles. The van der Waals surface area contributed by atoms with E-state index in [0.29, 0.717) is 11.0 Å². The highest BCUT2D eigenvalue weighted by Crippen LogP contribution is 2.38. The summed E-state index contributed by atoms with van der Waals surface area (Å²) in [4.78, 5) is 25.8. The third-order valence-electron chi connectivity index (χ3n) is 4.06. The van der Waals surface area contributed by atoms with E-state index in [0.717, 1.165) is 0 Å². The Hall–Kier alpha value is -2.54. The molecular weight excluding hydrogens is 302 g/mol. The van der Waals surface area contributed by atoms with Gasteiger partial charge in [0.15, 0.2) is 11.3 Å². The Morgan fingerprint density at radius 3 is 2.87 bits per heavy atom. The second-order valence-corrected chi connectivity index (χ2v) is 5.57. The molecule has 23 heavy (non-hydrogen) atoms. The zero-order valence-electron chi connectivity index (χ0n) is 12.9. The minimum absolute atomic E-state index is 0.0206. The summed E-state index contributed by atoms with van der Waals surface area (Å²) in [6.45, 7) is 1.62. The zero-order valence-corrected chi connectivity index (χ0v) is 12.9.